The van der Waals surface area contributed by atoms with Crippen LogP contribution in [0.2, 0.25) is 0 Å². The molecule has 0 bridgehead atoms. The lowest BCUT2D eigenvalue weighted by atomic mass is 9.80. The number of ether oxygens (including phenoxy) is 1. The summed E-state index contributed by atoms with van der Waals surface area (Å²) in [6.07, 6.45) is 1.69. The van der Waals surface area contributed by atoms with Crippen molar-refractivity contribution in [1.82, 2.24) is 5.32 Å². The first kappa shape index (κ1) is 19.2. The van der Waals surface area contributed by atoms with Gasteiger partial charge < -0.3 is 15.2 Å². The number of carbonyl (C=O) groups is 2. The minimum atomic E-state index is -3.47. The molecule has 0 saturated carbocycles. The SMILES string of the molecule is Cc1ccc(C(=O)NCC2(C(=O)O)CCOCC2)cc1NS(C)(=O)=O. The number of carbonyl (C=O) groups excluding carboxylic acids is 1. The van der Waals surface area contributed by atoms with Crippen LogP contribution in [0.1, 0.15) is 28.8 Å². The molecule has 0 aliphatic carbocycles. The molecule has 1 saturated heterocycles. The fraction of sp³-hybridized carbons (Fsp3) is 0.500. The van der Waals surface area contributed by atoms with Crippen LogP contribution in [0.4, 0.5) is 5.69 Å². The van der Waals surface area contributed by atoms with E-state index in [-0.39, 0.29) is 12.1 Å². The number of amides is 1. The van der Waals surface area contributed by atoms with E-state index in [4.69, 9.17) is 4.74 Å². The Kier molecular flexibility index (Phi) is 5.69. The van der Waals surface area contributed by atoms with E-state index in [0.29, 0.717) is 37.3 Å². The lowest BCUT2D eigenvalue weighted by molar-refractivity contribution is -0.154. The number of nitrogens with one attached hydrogen (secondary N) is 2. The summed E-state index contributed by atoms with van der Waals surface area (Å²) in [5.74, 6) is -1.41. The second-order valence-corrected chi connectivity index (χ2v) is 8.03. The van der Waals surface area contributed by atoms with E-state index in [9.17, 15) is 23.1 Å². The molecule has 138 valence electrons. The molecule has 0 spiro atoms. The number of carboxylic acid groups (broad SMARTS) is 1. The maximum atomic E-state index is 12.4. The van der Waals surface area contributed by atoms with Gasteiger partial charge in [0, 0.05) is 25.3 Å². The average molecular weight is 370 g/mol. The molecule has 1 aliphatic heterocycles. The van der Waals surface area contributed by atoms with Gasteiger partial charge in [0.05, 0.1) is 17.4 Å². The summed E-state index contributed by atoms with van der Waals surface area (Å²) in [5.41, 5.74) is 0.207. The molecule has 1 aliphatic rings. The Hall–Kier alpha value is -2.13. The van der Waals surface area contributed by atoms with Gasteiger partial charge in [-0.3, -0.25) is 14.3 Å². The summed E-state index contributed by atoms with van der Waals surface area (Å²) in [5, 5.41) is 12.1. The number of hydrogen-bond donors (Lipinski definition) is 3. The molecule has 1 heterocycles. The van der Waals surface area contributed by atoms with Gasteiger partial charge in [-0.2, -0.15) is 0 Å². The molecule has 0 radical (unpaired) electrons. The average Bonchev–Trinajstić information content (AvgIpc) is 2.54. The third-order valence-electron chi connectivity index (χ3n) is 4.29. The van der Waals surface area contributed by atoms with Crippen LogP contribution in [0.3, 0.4) is 0 Å². The number of rotatable bonds is 6. The highest BCUT2D eigenvalue weighted by Crippen LogP contribution is 2.30. The van der Waals surface area contributed by atoms with Gasteiger partial charge in [0.15, 0.2) is 0 Å². The van der Waals surface area contributed by atoms with E-state index >= 15 is 0 Å². The molecule has 0 atom stereocenters. The molecule has 0 unspecified atom stereocenters. The van der Waals surface area contributed by atoms with Crippen molar-refractivity contribution < 1.29 is 27.9 Å². The van der Waals surface area contributed by atoms with E-state index < -0.39 is 27.3 Å². The Bertz CT molecular complexity index is 769. The van der Waals surface area contributed by atoms with Crippen molar-refractivity contribution in [1.29, 1.82) is 0 Å². The Labute approximate surface area is 146 Å². The van der Waals surface area contributed by atoms with E-state index in [1.807, 2.05) is 0 Å². The molecule has 3 N–H and O–H groups in total. The molecule has 1 amide bonds. The van der Waals surface area contributed by atoms with Crippen LogP contribution in [0, 0.1) is 12.3 Å². The van der Waals surface area contributed by atoms with Gasteiger partial charge in [0.2, 0.25) is 10.0 Å². The van der Waals surface area contributed by atoms with Gasteiger partial charge in [-0.05, 0) is 37.5 Å². The number of aryl methyl sites for hydroxylation is 1. The van der Waals surface area contributed by atoms with Gasteiger partial charge in [0.1, 0.15) is 0 Å². The maximum absolute atomic E-state index is 12.4. The van der Waals surface area contributed by atoms with Crippen LogP contribution in [-0.2, 0) is 19.6 Å². The molecule has 1 fully saturated rings. The maximum Gasteiger partial charge on any atom is 0.311 e. The number of carboxylic acids is 1. The molecular weight excluding hydrogens is 348 g/mol. The lowest BCUT2D eigenvalue weighted by Crippen LogP contribution is -2.46. The van der Waals surface area contributed by atoms with Gasteiger partial charge in [-0.25, -0.2) is 8.42 Å². The minimum Gasteiger partial charge on any atom is -0.481 e. The zero-order valence-electron chi connectivity index (χ0n) is 14.2. The van der Waals surface area contributed by atoms with E-state index in [1.54, 1.807) is 19.1 Å². The molecule has 8 nitrogen and oxygen atoms in total. The molecule has 2 rings (SSSR count). The highest BCUT2D eigenvalue weighted by atomic mass is 32.2. The summed E-state index contributed by atoms with van der Waals surface area (Å²) in [4.78, 5) is 24.0. The predicted molar refractivity (Wildman–Crippen MR) is 92.1 cm³/mol. The quantitative estimate of drug-likeness (QED) is 0.686. The van der Waals surface area contributed by atoms with Crippen LogP contribution < -0.4 is 10.0 Å². The van der Waals surface area contributed by atoms with E-state index in [2.05, 4.69) is 10.0 Å². The topological polar surface area (TPSA) is 122 Å². The van der Waals surface area contributed by atoms with Crippen molar-refractivity contribution >= 4 is 27.6 Å². The number of sulfonamides is 1. The summed E-state index contributed by atoms with van der Waals surface area (Å²) in [6, 6.07) is 4.63. The van der Waals surface area contributed by atoms with Crippen molar-refractivity contribution in [3.05, 3.63) is 29.3 Å². The van der Waals surface area contributed by atoms with Gasteiger partial charge >= 0.3 is 5.97 Å². The highest BCUT2D eigenvalue weighted by molar-refractivity contribution is 7.92. The smallest absolute Gasteiger partial charge is 0.311 e. The minimum absolute atomic E-state index is 0.00670. The van der Waals surface area contributed by atoms with Crippen LogP contribution in [0.5, 0.6) is 0 Å². The molecule has 1 aromatic carbocycles. The summed E-state index contributed by atoms with van der Waals surface area (Å²) < 4.78 is 30.3. The lowest BCUT2D eigenvalue weighted by Gasteiger charge is -2.33. The van der Waals surface area contributed by atoms with Crippen LogP contribution in [0.15, 0.2) is 18.2 Å². The van der Waals surface area contributed by atoms with Gasteiger partial charge in [0.25, 0.3) is 5.91 Å². The zero-order chi connectivity index (χ0) is 18.7. The third-order valence-corrected chi connectivity index (χ3v) is 4.88. The number of benzene rings is 1. The van der Waals surface area contributed by atoms with Crippen LogP contribution in [-0.4, -0.2) is 51.4 Å². The largest absolute Gasteiger partial charge is 0.481 e. The first-order chi connectivity index (χ1) is 11.6. The summed E-state index contributed by atoms with van der Waals surface area (Å²) in [6.45, 7) is 2.40. The zero-order valence-corrected chi connectivity index (χ0v) is 15.0. The van der Waals surface area contributed by atoms with Crippen molar-refractivity contribution in [3.8, 4) is 0 Å². The molecule has 9 heteroatoms. The normalized spacial score (nSPS) is 16.9. The fourth-order valence-electron chi connectivity index (χ4n) is 2.65. The first-order valence-electron chi connectivity index (χ1n) is 7.81. The first-order valence-corrected chi connectivity index (χ1v) is 9.70. The van der Waals surface area contributed by atoms with Gasteiger partial charge in [-0.1, -0.05) is 6.07 Å². The van der Waals surface area contributed by atoms with Gasteiger partial charge in [-0.15, -0.1) is 0 Å². The standard InChI is InChI=1S/C16H22N2O6S/c1-11-3-4-12(9-13(11)18-25(2,22)23)14(19)17-10-16(15(20)21)5-7-24-8-6-16/h3-4,9,18H,5-8,10H2,1-2H3,(H,17,19)(H,20,21). The predicted octanol–water partition coefficient (Wildman–Crippen LogP) is 0.978. The Morgan fingerprint density at radius 2 is 1.92 bits per heavy atom. The number of anilines is 1. The van der Waals surface area contributed by atoms with Crippen molar-refractivity contribution in [2.24, 2.45) is 5.41 Å². The number of hydrogen-bond acceptors (Lipinski definition) is 5. The Morgan fingerprint density at radius 1 is 1.28 bits per heavy atom. The van der Waals surface area contributed by atoms with Crippen LogP contribution in [0.25, 0.3) is 0 Å². The van der Waals surface area contributed by atoms with Crippen molar-refractivity contribution in [2.45, 2.75) is 19.8 Å². The third kappa shape index (κ3) is 4.93. The van der Waals surface area contributed by atoms with E-state index in [1.165, 1.54) is 6.07 Å². The molecular formula is C16H22N2O6S. The summed E-state index contributed by atoms with van der Waals surface area (Å²) >= 11 is 0. The van der Waals surface area contributed by atoms with Crippen LogP contribution >= 0.6 is 0 Å². The molecule has 1 aromatic rings. The molecule has 0 aromatic heterocycles. The number of aliphatic carboxylic acids is 1. The Balaban J connectivity index is 2.12. The van der Waals surface area contributed by atoms with Crippen molar-refractivity contribution in [2.75, 3.05) is 30.7 Å². The molecule has 25 heavy (non-hydrogen) atoms. The van der Waals surface area contributed by atoms with Crippen molar-refractivity contribution in [3.63, 3.8) is 0 Å². The monoisotopic (exact) mass is 370 g/mol. The van der Waals surface area contributed by atoms with E-state index in [0.717, 1.165) is 6.26 Å². The second-order valence-electron chi connectivity index (χ2n) is 6.28. The highest BCUT2D eigenvalue weighted by Gasteiger charge is 2.40. The Morgan fingerprint density at radius 3 is 2.48 bits per heavy atom. The second kappa shape index (κ2) is 7.40. The summed E-state index contributed by atoms with van der Waals surface area (Å²) in [7, 11) is -3.47. The fourth-order valence-corrected chi connectivity index (χ4v) is 3.27.